The third-order valence-corrected chi connectivity index (χ3v) is 1.96. The Hall–Kier alpha value is -0.980. The third kappa shape index (κ3) is 4.37. The van der Waals surface area contributed by atoms with E-state index in [0.29, 0.717) is 26.3 Å². The molecule has 0 aromatic carbocycles. The Balaban J connectivity index is 2.09. The predicted octanol–water partition coefficient (Wildman–Crippen LogP) is -0.210. The molecule has 0 atom stereocenters. The molecule has 0 bridgehead atoms. The second-order valence-electron chi connectivity index (χ2n) is 3.06. The molecular formula is C9H18N4O2. The summed E-state index contributed by atoms with van der Waals surface area (Å²) in [6, 6.07) is 0. The average molecular weight is 214 g/mol. The first-order valence-corrected chi connectivity index (χ1v) is 5.02. The lowest BCUT2D eigenvalue weighted by Gasteiger charge is -2.05. The van der Waals surface area contributed by atoms with Crippen LogP contribution in [0.25, 0.3) is 0 Å². The predicted molar refractivity (Wildman–Crippen MR) is 55.2 cm³/mol. The van der Waals surface area contributed by atoms with E-state index in [-0.39, 0.29) is 0 Å². The van der Waals surface area contributed by atoms with Crippen LogP contribution in [0.1, 0.15) is 12.2 Å². The molecule has 1 heterocycles. The molecule has 0 aliphatic rings. The van der Waals surface area contributed by atoms with Crippen LogP contribution >= 0.6 is 0 Å². The molecule has 2 N–H and O–H groups in total. The molecule has 0 aliphatic carbocycles. The van der Waals surface area contributed by atoms with E-state index in [0.717, 1.165) is 18.9 Å². The zero-order chi connectivity index (χ0) is 10.9. The molecule has 0 saturated carbocycles. The molecule has 6 nitrogen and oxygen atoms in total. The maximum atomic E-state index is 5.48. The van der Waals surface area contributed by atoms with Crippen molar-refractivity contribution in [3.63, 3.8) is 0 Å². The molecule has 0 amide bonds. The van der Waals surface area contributed by atoms with Gasteiger partial charge in [0.15, 0.2) is 0 Å². The molecule has 0 fully saturated rings. The van der Waals surface area contributed by atoms with Crippen LogP contribution in [0.3, 0.4) is 0 Å². The summed E-state index contributed by atoms with van der Waals surface area (Å²) in [6.07, 6.45) is 2.42. The topological polar surface area (TPSA) is 75.2 Å². The van der Waals surface area contributed by atoms with Crippen LogP contribution in [-0.4, -0.2) is 41.7 Å². The Bertz CT molecular complexity index is 264. The minimum atomic E-state index is 0.406. The second kappa shape index (κ2) is 7.33. The van der Waals surface area contributed by atoms with Gasteiger partial charge in [-0.05, 0) is 6.42 Å². The maximum absolute atomic E-state index is 5.48. The zero-order valence-electron chi connectivity index (χ0n) is 9.06. The molecule has 86 valence electrons. The van der Waals surface area contributed by atoms with E-state index in [9.17, 15) is 0 Å². The molecule has 1 aromatic rings. The summed E-state index contributed by atoms with van der Waals surface area (Å²) in [5.74, 6) is 0.787. The quantitative estimate of drug-likeness (QED) is 0.606. The van der Waals surface area contributed by atoms with E-state index in [1.54, 1.807) is 11.8 Å². The highest BCUT2D eigenvalue weighted by Crippen LogP contribution is 1.92. The summed E-state index contributed by atoms with van der Waals surface area (Å²) >= 11 is 0. The number of ether oxygens (including phenoxy) is 2. The fraction of sp³-hybridized carbons (Fsp3) is 0.778. The van der Waals surface area contributed by atoms with E-state index >= 15 is 0 Å². The number of methoxy groups -OCH3 is 1. The molecule has 1 rings (SSSR count). The van der Waals surface area contributed by atoms with Crippen LogP contribution in [0.15, 0.2) is 6.33 Å². The maximum Gasteiger partial charge on any atom is 0.140 e. The van der Waals surface area contributed by atoms with Crippen LogP contribution in [0.4, 0.5) is 0 Å². The molecule has 1 aromatic heterocycles. The Morgan fingerprint density at radius 2 is 2.27 bits per heavy atom. The molecule has 6 heteroatoms. The number of nitrogens with zero attached hydrogens (tertiary/aromatic N) is 3. The van der Waals surface area contributed by atoms with Gasteiger partial charge in [0.2, 0.25) is 0 Å². The van der Waals surface area contributed by atoms with Crippen molar-refractivity contribution in [3.05, 3.63) is 12.2 Å². The normalized spacial score (nSPS) is 10.8. The van der Waals surface area contributed by atoms with Gasteiger partial charge in [0.1, 0.15) is 12.2 Å². The van der Waals surface area contributed by atoms with Gasteiger partial charge in [-0.15, -0.1) is 0 Å². The monoisotopic (exact) mass is 214 g/mol. The van der Waals surface area contributed by atoms with Gasteiger partial charge < -0.3 is 15.2 Å². The Labute approximate surface area is 89.4 Å². The van der Waals surface area contributed by atoms with Crippen LogP contribution in [-0.2, 0) is 22.6 Å². The SMILES string of the molecule is COCCCOCCn1ncnc1CN. The standard InChI is InChI=1S/C9H18N4O2/c1-14-4-2-5-15-6-3-13-9(7-10)11-8-12-13/h8H,2-7,10H2,1H3. The van der Waals surface area contributed by atoms with Crippen LogP contribution < -0.4 is 5.73 Å². The molecule has 0 unspecified atom stereocenters. The Morgan fingerprint density at radius 3 is 3.00 bits per heavy atom. The smallest absolute Gasteiger partial charge is 0.140 e. The summed E-state index contributed by atoms with van der Waals surface area (Å²) in [5, 5.41) is 4.04. The van der Waals surface area contributed by atoms with Crippen molar-refractivity contribution in [1.29, 1.82) is 0 Å². The highest BCUT2D eigenvalue weighted by atomic mass is 16.5. The van der Waals surface area contributed by atoms with Gasteiger partial charge in [-0.25, -0.2) is 9.67 Å². The zero-order valence-corrected chi connectivity index (χ0v) is 9.06. The summed E-state index contributed by atoms with van der Waals surface area (Å²) < 4.78 is 12.1. The molecule has 0 saturated heterocycles. The summed E-state index contributed by atoms with van der Waals surface area (Å²) in [7, 11) is 1.68. The number of rotatable bonds is 8. The van der Waals surface area contributed by atoms with E-state index in [1.807, 2.05) is 0 Å². The first-order valence-electron chi connectivity index (χ1n) is 5.02. The molecule has 0 radical (unpaired) electrons. The van der Waals surface area contributed by atoms with Gasteiger partial charge in [-0.3, -0.25) is 0 Å². The molecule has 15 heavy (non-hydrogen) atoms. The first-order chi connectivity index (χ1) is 7.38. The van der Waals surface area contributed by atoms with Gasteiger partial charge in [0.25, 0.3) is 0 Å². The Morgan fingerprint density at radius 1 is 1.40 bits per heavy atom. The van der Waals surface area contributed by atoms with Gasteiger partial charge >= 0.3 is 0 Å². The second-order valence-corrected chi connectivity index (χ2v) is 3.06. The minimum Gasteiger partial charge on any atom is -0.385 e. The van der Waals surface area contributed by atoms with E-state index in [1.165, 1.54) is 6.33 Å². The summed E-state index contributed by atoms with van der Waals surface area (Å²) in [4.78, 5) is 4.01. The molecular weight excluding hydrogens is 196 g/mol. The van der Waals surface area contributed by atoms with Crippen LogP contribution in [0.2, 0.25) is 0 Å². The van der Waals surface area contributed by atoms with Crippen LogP contribution in [0, 0.1) is 0 Å². The van der Waals surface area contributed by atoms with E-state index in [2.05, 4.69) is 10.1 Å². The van der Waals surface area contributed by atoms with Crippen molar-refractivity contribution < 1.29 is 9.47 Å². The largest absolute Gasteiger partial charge is 0.385 e. The number of nitrogens with two attached hydrogens (primary N) is 1. The number of aromatic nitrogens is 3. The minimum absolute atomic E-state index is 0.406. The van der Waals surface area contributed by atoms with Gasteiger partial charge in [-0.1, -0.05) is 0 Å². The lowest BCUT2D eigenvalue weighted by atomic mass is 10.5. The highest BCUT2D eigenvalue weighted by molar-refractivity contribution is 4.81. The number of hydrogen-bond acceptors (Lipinski definition) is 5. The highest BCUT2D eigenvalue weighted by Gasteiger charge is 2.00. The van der Waals surface area contributed by atoms with E-state index < -0.39 is 0 Å². The Kier molecular flexibility index (Phi) is 5.91. The third-order valence-electron chi connectivity index (χ3n) is 1.96. The van der Waals surface area contributed by atoms with Crippen molar-refractivity contribution in [2.45, 2.75) is 19.5 Å². The van der Waals surface area contributed by atoms with E-state index in [4.69, 9.17) is 15.2 Å². The van der Waals surface area contributed by atoms with Gasteiger partial charge in [-0.2, -0.15) is 5.10 Å². The van der Waals surface area contributed by atoms with Gasteiger partial charge in [0.05, 0.1) is 19.7 Å². The van der Waals surface area contributed by atoms with Crippen molar-refractivity contribution >= 4 is 0 Å². The summed E-state index contributed by atoms with van der Waals surface area (Å²) in [5.41, 5.74) is 5.48. The van der Waals surface area contributed by atoms with Crippen molar-refractivity contribution in [1.82, 2.24) is 14.8 Å². The van der Waals surface area contributed by atoms with Gasteiger partial charge in [0, 0.05) is 20.3 Å². The number of hydrogen-bond donors (Lipinski definition) is 1. The fourth-order valence-electron chi connectivity index (χ4n) is 1.19. The lowest BCUT2D eigenvalue weighted by molar-refractivity contribution is 0.0956. The molecule has 0 spiro atoms. The fourth-order valence-corrected chi connectivity index (χ4v) is 1.19. The molecule has 0 aliphatic heterocycles. The van der Waals surface area contributed by atoms with Crippen LogP contribution in [0.5, 0.6) is 0 Å². The summed E-state index contributed by atoms with van der Waals surface area (Å²) in [6.45, 7) is 3.17. The van der Waals surface area contributed by atoms with Crippen molar-refractivity contribution in [2.24, 2.45) is 5.73 Å². The average Bonchev–Trinajstić information content (AvgIpc) is 2.70. The first kappa shape index (κ1) is 12.1. The van der Waals surface area contributed by atoms with Crippen molar-refractivity contribution in [2.75, 3.05) is 26.9 Å². The lowest BCUT2D eigenvalue weighted by Crippen LogP contribution is -2.14. The van der Waals surface area contributed by atoms with Crippen molar-refractivity contribution in [3.8, 4) is 0 Å².